The van der Waals surface area contributed by atoms with Gasteiger partial charge in [-0.15, -0.1) is 6.42 Å². The summed E-state index contributed by atoms with van der Waals surface area (Å²) in [6, 6.07) is 0. The van der Waals surface area contributed by atoms with Gasteiger partial charge in [-0.2, -0.15) is 0 Å². The molecule has 1 saturated heterocycles. The molecule has 1 rings (SSSR count). The third-order valence-electron chi connectivity index (χ3n) is 2.99. The van der Waals surface area contributed by atoms with Crippen molar-refractivity contribution < 1.29 is 14.7 Å². The molecular weight excluding hydrogens is 194 g/mol. The van der Waals surface area contributed by atoms with Crippen LogP contribution in [-0.4, -0.2) is 35.0 Å². The van der Waals surface area contributed by atoms with Crippen LogP contribution in [0.5, 0.6) is 0 Å². The Morgan fingerprint density at radius 3 is 2.40 bits per heavy atom. The number of amides is 1. The first-order chi connectivity index (χ1) is 6.99. The maximum atomic E-state index is 11.4. The molecule has 4 heteroatoms. The fourth-order valence-corrected chi connectivity index (χ4v) is 1.66. The van der Waals surface area contributed by atoms with Crippen LogP contribution in [0.4, 0.5) is 0 Å². The van der Waals surface area contributed by atoms with Gasteiger partial charge in [0.2, 0.25) is 5.91 Å². The second-order valence-electron chi connectivity index (χ2n) is 4.13. The van der Waals surface area contributed by atoms with Crippen molar-refractivity contribution in [3.05, 3.63) is 0 Å². The third-order valence-corrected chi connectivity index (χ3v) is 2.99. The smallest absolute Gasteiger partial charge is 0.309 e. The van der Waals surface area contributed by atoms with Gasteiger partial charge in [-0.1, -0.05) is 5.92 Å². The van der Waals surface area contributed by atoms with Crippen molar-refractivity contribution in [1.82, 2.24) is 4.90 Å². The molecule has 1 aliphatic heterocycles. The van der Waals surface area contributed by atoms with Crippen molar-refractivity contribution in [2.24, 2.45) is 5.41 Å². The SMILES string of the molecule is C#CCC(=O)N1CCC(C)(C(=O)O)CC1. The molecule has 1 amide bonds. The van der Waals surface area contributed by atoms with Gasteiger partial charge in [0.15, 0.2) is 0 Å². The van der Waals surface area contributed by atoms with Crippen LogP contribution in [0.15, 0.2) is 0 Å². The van der Waals surface area contributed by atoms with Crippen LogP contribution in [0.2, 0.25) is 0 Å². The first-order valence-electron chi connectivity index (χ1n) is 4.94. The average molecular weight is 209 g/mol. The predicted octanol–water partition coefficient (Wildman–Crippen LogP) is 0.723. The van der Waals surface area contributed by atoms with E-state index in [-0.39, 0.29) is 12.3 Å². The largest absolute Gasteiger partial charge is 0.481 e. The number of carboxylic acid groups (broad SMARTS) is 1. The van der Waals surface area contributed by atoms with Gasteiger partial charge in [0, 0.05) is 13.1 Å². The van der Waals surface area contributed by atoms with Crippen LogP contribution in [0, 0.1) is 17.8 Å². The number of hydrogen-bond donors (Lipinski definition) is 1. The van der Waals surface area contributed by atoms with Crippen molar-refractivity contribution in [3.63, 3.8) is 0 Å². The van der Waals surface area contributed by atoms with Crippen LogP contribution < -0.4 is 0 Å². The summed E-state index contributed by atoms with van der Waals surface area (Å²) in [5, 5.41) is 8.99. The van der Waals surface area contributed by atoms with E-state index in [1.54, 1.807) is 11.8 Å². The average Bonchev–Trinajstić information content (AvgIpc) is 2.19. The molecule has 15 heavy (non-hydrogen) atoms. The summed E-state index contributed by atoms with van der Waals surface area (Å²) in [5.41, 5.74) is -0.688. The molecule has 0 saturated carbocycles. The van der Waals surface area contributed by atoms with E-state index in [4.69, 9.17) is 11.5 Å². The van der Waals surface area contributed by atoms with Gasteiger partial charge >= 0.3 is 5.97 Å². The van der Waals surface area contributed by atoms with Crippen molar-refractivity contribution in [2.45, 2.75) is 26.2 Å². The molecule has 82 valence electrons. The number of carbonyl (C=O) groups is 2. The highest BCUT2D eigenvalue weighted by Gasteiger charge is 2.37. The molecule has 0 radical (unpaired) electrons. The highest BCUT2D eigenvalue weighted by atomic mass is 16.4. The van der Waals surface area contributed by atoms with Crippen LogP contribution in [0.3, 0.4) is 0 Å². The molecule has 0 aromatic rings. The topological polar surface area (TPSA) is 57.6 Å². The fraction of sp³-hybridized carbons (Fsp3) is 0.636. The summed E-state index contributed by atoms with van der Waals surface area (Å²) in [6.45, 7) is 2.70. The highest BCUT2D eigenvalue weighted by Crippen LogP contribution is 2.31. The minimum absolute atomic E-state index is 0.0788. The zero-order valence-corrected chi connectivity index (χ0v) is 8.82. The lowest BCUT2D eigenvalue weighted by molar-refractivity contribution is -0.152. The number of aliphatic carboxylic acids is 1. The van der Waals surface area contributed by atoms with Crippen LogP contribution >= 0.6 is 0 Å². The van der Waals surface area contributed by atoms with Gasteiger partial charge in [0.05, 0.1) is 11.8 Å². The molecule has 0 aliphatic carbocycles. The Morgan fingerprint density at radius 1 is 1.47 bits per heavy atom. The number of carboxylic acids is 1. The molecule has 1 aliphatic rings. The molecule has 1 heterocycles. The lowest BCUT2D eigenvalue weighted by Gasteiger charge is -2.36. The first-order valence-corrected chi connectivity index (χ1v) is 4.94. The van der Waals surface area contributed by atoms with Crippen molar-refractivity contribution in [2.75, 3.05) is 13.1 Å². The maximum absolute atomic E-state index is 11.4. The summed E-state index contributed by atoms with van der Waals surface area (Å²) in [6.07, 6.45) is 6.14. The van der Waals surface area contributed by atoms with E-state index in [1.165, 1.54) is 0 Å². The van der Waals surface area contributed by atoms with E-state index in [1.807, 2.05) is 0 Å². The Hall–Kier alpha value is -1.50. The maximum Gasteiger partial charge on any atom is 0.309 e. The standard InChI is InChI=1S/C11H15NO3/c1-3-4-9(13)12-7-5-11(2,6-8-12)10(14)15/h1H,4-8H2,2H3,(H,14,15). The summed E-state index contributed by atoms with van der Waals surface area (Å²) >= 11 is 0. The Morgan fingerprint density at radius 2 is 2.00 bits per heavy atom. The van der Waals surface area contributed by atoms with Gasteiger partial charge < -0.3 is 10.0 Å². The second kappa shape index (κ2) is 4.35. The van der Waals surface area contributed by atoms with Gasteiger partial charge in [-0.3, -0.25) is 9.59 Å². The van der Waals surface area contributed by atoms with Gasteiger partial charge in [0.1, 0.15) is 0 Å². The number of carbonyl (C=O) groups excluding carboxylic acids is 1. The van der Waals surface area contributed by atoms with Crippen molar-refractivity contribution in [1.29, 1.82) is 0 Å². The molecule has 0 spiro atoms. The van der Waals surface area contributed by atoms with Crippen molar-refractivity contribution >= 4 is 11.9 Å². The number of terminal acetylenes is 1. The molecule has 4 nitrogen and oxygen atoms in total. The summed E-state index contributed by atoms with van der Waals surface area (Å²) < 4.78 is 0. The predicted molar refractivity (Wildman–Crippen MR) is 55.0 cm³/mol. The van der Waals surface area contributed by atoms with E-state index >= 15 is 0 Å². The summed E-state index contributed by atoms with van der Waals surface area (Å²) in [7, 11) is 0. The molecule has 0 aromatic carbocycles. The summed E-state index contributed by atoms with van der Waals surface area (Å²) in [4.78, 5) is 24.0. The minimum Gasteiger partial charge on any atom is -0.481 e. The normalized spacial score (nSPS) is 19.3. The van der Waals surface area contributed by atoms with Crippen LogP contribution in [0.1, 0.15) is 26.2 Å². The number of rotatable bonds is 2. The molecule has 0 bridgehead atoms. The third kappa shape index (κ3) is 2.50. The van der Waals surface area contributed by atoms with E-state index in [2.05, 4.69) is 5.92 Å². The molecule has 1 N–H and O–H groups in total. The zero-order chi connectivity index (χ0) is 11.5. The molecule has 0 atom stereocenters. The Labute approximate surface area is 89.3 Å². The van der Waals surface area contributed by atoms with E-state index < -0.39 is 11.4 Å². The monoisotopic (exact) mass is 209 g/mol. The number of nitrogens with zero attached hydrogens (tertiary/aromatic N) is 1. The van der Waals surface area contributed by atoms with Crippen LogP contribution in [-0.2, 0) is 9.59 Å². The quantitative estimate of drug-likeness (QED) is 0.682. The number of likely N-dealkylation sites (tertiary alicyclic amines) is 1. The van der Waals surface area contributed by atoms with Crippen molar-refractivity contribution in [3.8, 4) is 12.3 Å². The van der Waals surface area contributed by atoms with E-state index in [0.29, 0.717) is 25.9 Å². The van der Waals surface area contributed by atoms with Gasteiger partial charge in [-0.05, 0) is 19.8 Å². The van der Waals surface area contributed by atoms with Crippen LogP contribution in [0.25, 0.3) is 0 Å². The zero-order valence-electron chi connectivity index (χ0n) is 8.82. The number of hydrogen-bond acceptors (Lipinski definition) is 2. The van der Waals surface area contributed by atoms with Gasteiger partial charge in [-0.25, -0.2) is 0 Å². The fourth-order valence-electron chi connectivity index (χ4n) is 1.66. The Kier molecular flexibility index (Phi) is 3.35. The minimum atomic E-state index is -0.786. The lowest BCUT2D eigenvalue weighted by atomic mass is 9.80. The van der Waals surface area contributed by atoms with Gasteiger partial charge in [0.25, 0.3) is 0 Å². The van der Waals surface area contributed by atoms with E-state index in [0.717, 1.165) is 0 Å². The molecular formula is C11H15NO3. The highest BCUT2D eigenvalue weighted by molar-refractivity contribution is 5.79. The summed E-state index contributed by atoms with van der Waals surface area (Å²) in [5.74, 6) is 1.44. The second-order valence-corrected chi connectivity index (χ2v) is 4.13. The molecule has 1 fully saturated rings. The number of piperidine rings is 1. The lowest BCUT2D eigenvalue weighted by Crippen LogP contribution is -2.45. The molecule has 0 aromatic heterocycles. The first kappa shape index (κ1) is 11.6. The Bertz CT molecular complexity index is 308. The molecule has 0 unspecified atom stereocenters. The Balaban J connectivity index is 2.53. The van der Waals surface area contributed by atoms with E-state index in [9.17, 15) is 9.59 Å².